The van der Waals surface area contributed by atoms with Crippen molar-refractivity contribution in [1.29, 1.82) is 0 Å². The van der Waals surface area contributed by atoms with Gasteiger partial charge in [-0.25, -0.2) is 0 Å². The number of nitrogens with one attached hydrogen (secondary N) is 1. The second kappa shape index (κ2) is 5.66. The molecule has 2 aromatic rings. The highest BCUT2D eigenvalue weighted by Gasteiger charge is 2.51. The van der Waals surface area contributed by atoms with Gasteiger partial charge >= 0.3 is 0 Å². The van der Waals surface area contributed by atoms with Crippen LogP contribution in [0.1, 0.15) is 24.0 Å². The Morgan fingerprint density at radius 1 is 1.22 bits per heavy atom. The highest BCUT2D eigenvalue weighted by Crippen LogP contribution is 2.49. The van der Waals surface area contributed by atoms with Crippen LogP contribution in [-0.2, 0) is 10.2 Å². The third-order valence-electron chi connectivity index (χ3n) is 4.25. The number of anilines is 1. The number of hydrogen-bond acceptors (Lipinski definition) is 3. The molecule has 1 N–H and O–H groups in total. The summed E-state index contributed by atoms with van der Waals surface area (Å²) in [4.78, 5) is 23.2. The maximum absolute atomic E-state index is 12.6. The van der Waals surface area contributed by atoms with Crippen LogP contribution in [0.25, 0.3) is 0 Å². The second-order valence-electron chi connectivity index (χ2n) is 5.80. The van der Waals surface area contributed by atoms with Crippen molar-refractivity contribution in [2.75, 3.05) is 5.32 Å². The molecule has 0 aliphatic heterocycles. The van der Waals surface area contributed by atoms with Crippen molar-refractivity contribution in [2.24, 2.45) is 0 Å². The van der Waals surface area contributed by atoms with Crippen LogP contribution in [-0.4, -0.2) is 10.8 Å². The summed E-state index contributed by atoms with van der Waals surface area (Å²) in [6, 6.07) is 11.9. The van der Waals surface area contributed by atoms with Gasteiger partial charge in [-0.15, -0.1) is 0 Å². The Kier molecular flexibility index (Phi) is 3.82. The molecule has 0 bridgehead atoms. The van der Waals surface area contributed by atoms with Crippen molar-refractivity contribution in [1.82, 2.24) is 0 Å². The van der Waals surface area contributed by atoms with Gasteiger partial charge in [0.05, 0.1) is 10.3 Å². The number of benzene rings is 2. The fourth-order valence-corrected chi connectivity index (χ4v) is 2.80. The molecule has 118 valence electrons. The third kappa shape index (κ3) is 2.92. The van der Waals surface area contributed by atoms with Crippen molar-refractivity contribution < 1.29 is 9.72 Å². The molecule has 6 heteroatoms. The van der Waals surface area contributed by atoms with Gasteiger partial charge in [-0.3, -0.25) is 14.9 Å². The maximum Gasteiger partial charge on any atom is 0.274 e. The van der Waals surface area contributed by atoms with Crippen LogP contribution in [0.2, 0.25) is 5.02 Å². The first kappa shape index (κ1) is 15.5. The fourth-order valence-electron chi connectivity index (χ4n) is 2.68. The number of halogens is 1. The molecule has 5 nitrogen and oxygen atoms in total. The molecule has 0 atom stereocenters. The topological polar surface area (TPSA) is 72.2 Å². The lowest BCUT2D eigenvalue weighted by Gasteiger charge is -2.16. The first-order valence-electron chi connectivity index (χ1n) is 7.25. The molecule has 1 fully saturated rings. The smallest absolute Gasteiger partial charge is 0.274 e. The summed E-state index contributed by atoms with van der Waals surface area (Å²) < 4.78 is 0. The van der Waals surface area contributed by atoms with Gasteiger partial charge in [0, 0.05) is 22.3 Å². The van der Waals surface area contributed by atoms with E-state index in [2.05, 4.69) is 5.32 Å². The number of nitrogens with zero attached hydrogens (tertiary/aromatic N) is 1. The maximum atomic E-state index is 12.6. The monoisotopic (exact) mass is 330 g/mol. The number of carbonyl (C=O) groups is 1. The number of rotatable bonds is 4. The normalized spacial score (nSPS) is 15.0. The SMILES string of the molecule is Cc1ccc(NC(=O)C2(c3ccc(Cl)cc3)CC2)cc1[N+](=O)[O-]. The standard InChI is InChI=1S/C17H15ClN2O3/c1-11-2-7-14(10-15(11)20(22)23)19-16(21)17(8-9-17)12-3-5-13(18)6-4-12/h2-7,10H,8-9H2,1H3,(H,19,21). The Morgan fingerprint density at radius 3 is 2.43 bits per heavy atom. The summed E-state index contributed by atoms with van der Waals surface area (Å²) >= 11 is 5.89. The van der Waals surface area contributed by atoms with Crippen LogP contribution in [0.4, 0.5) is 11.4 Å². The van der Waals surface area contributed by atoms with Gasteiger partial charge in [-0.2, -0.15) is 0 Å². The minimum Gasteiger partial charge on any atom is -0.325 e. The predicted octanol–water partition coefficient (Wildman–Crippen LogP) is 4.23. The largest absolute Gasteiger partial charge is 0.325 e. The lowest BCUT2D eigenvalue weighted by molar-refractivity contribution is -0.385. The van der Waals surface area contributed by atoms with E-state index in [4.69, 9.17) is 11.6 Å². The Balaban J connectivity index is 1.83. The summed E-state index contributed by atoms with van der Waals surface area (Å²) in [5.41, 5.74) is 1.36. The van der Waals surface area contributed by atoms with Gasteiger partial charge < -0.3 is 5.32 Å². The lowest BCUT2D eigenvalue weighted by Crippen LogP contribution is -2.27. The van der Waals surface area contributed by atoms with Crippen molar-refractivity contribution in [3.8, 4) is 0 Å². The van der Waals surface area contributed by atoms with Crippen LogP contribution in [0.15, 0.2) is 42.5 Å². The van der Waals surface area contributed by atoms with Gasteiger partial charge in [0.25, 0.3) is 5.69 Å². The number of amides is 1. The minimum absolute atomic E-state index is 0.000796. The van der Waals surface area contributed by atoms with Crippen molar-refractivity contribution >= 4 is 28.9 Å². The van der Waals surface area contributed by atoms with Crippen molar-refractivity contribution in [3.05, 3.63) is 68.7 Å². The summed E-state index contributed by atoms with van der Waals surface area (Å²) in [5.74, 6) is -0.141. The predicted molar refractivity (Wildman–Crippen MR) is 88.8 cm³/mol. The first-order chi connectivity index (χ1) is 10.9. The quantitative estimate of drug-likeness (QED) is 0.673. The number of aryl methyl sites for hydroxylation is 1. The Hall–Kier alpha value is -2.40. The van der Waals surface area contributed by atoms with E-state index in [1.807, 2.05) is 12.1 Å². The van der Waals surface area contributed by atoms with E-state index < -0.39 is 10.3 Å². The van der Waals surface area contributed by atoms with E-state index in [1.54, 1.807) is 31.2 Å². The van der Waals surface area contributed by atoms with Gasteiger partial charge in [-0.05, 0) is 43.5 Å². The second-order valence-corrected chi connectivity index (χ2v) is 6.24. The fraction of sp³-hybridized carbons (Fsp3) is 0.235. The third-order valence-corrected chi connectivity index (χ3v) is 4.50. The van der Waals surface area contributed by atoms with E-state index >= 15 is 0 Å². The van der Waals surface area contributed by atoms with Crippen LogP contribution in [0.5, 0.6) is 0 Å². The Bertz CT molecular complexity index is 783. The van der Waals surface area contributed by atoms with E-state index in [1.165, 1.54) is 6.07 Å². The van der Waals surface area contributed by atoms with E-state index in [-0.39, 0.29) is 11.6 Å². The number of carbonyl (C=O) groups excluding carboxylic acids is 1. The van der Waals surface area contributed by atoms with E-state index in [9.17, 15) is 14.9 Å². The summed E-state index contributed by atoms with van der Waals surface area (Å²) in [6.45, 7) is 1.67. The number of nitro groups is 1. The molecule has 0 spiro atoms. The van der Waals surface area contributed by atoms with Gasteiger partial charge in [0.1, 0.15) is 0 Å². The Morgan fingerprint density at radius 2 is 1.87 bits per heavy atom. The first-order valence-corrected chi connectivity index (χ1v) is 7.63. The van der Waals surface area contributed by atoms with E-state index in [0.29, 0.717) is 16.3 Å². The summed E-state index contributed by atoms with van der Waals surface area (Å²) in [6.07, 6.45) is 1.52. The molecule has 3 rings (SSSR count). The molecule has 23 heavy (non-hydrogen) atoms. The molecule has 0 saturated heterocycles. The zero-order valence-corrected chi connectivity index (χ0v) is 13.3. The zero-order chi connectivity index (χ0) is 16.6. The molecule has 2 aromatic carbocycles. The van der Waals surface area contributed by atoms with Gasteiger partial charge in [0.15, 0.2) is 0 Å². The van der Waals surface area contributed by atoms with Gasteiger partial charge in [-0.1, -0.05) is 29.8 Å². The highest BCUT2D eigenvalue weighted by atomic mass is 35.5. The van der Waals surface area contributed by atoms with Crippen LogP contribution >= 0.6 is 11.6 Å². The summed E-state index contributed by atoms with van der Waals surface area (Å²) in [5, 5.41) is 14.4. The number of nitro benzene ring substituents is 1. The average Bonchev–Trinajstić information content (AvgIpc) is 3.31. The number of hydrogen-bond donors (Lipinski definition) is 1. The molecule has 0 radical (unpaired) electrons. The molecule has 0 aromatic heterocycles. The average molecular weight is 331 g/mol. The molecule has 1 aliphatic carbocycles. The Labute approximate surface area is 138 Å². The molecular weight excluding hydrogens is 316 g/mol. The summed E-state index contributed by atoms with van der Waals surface area (Å²) in [7, 11) is 0. The van der Waals surface area contributed by atoms with Gasteiger partial charge in [0.2, 0.25) is 5.91 Å². The van der Waals surface area contributed by atoms with Crippen LogP contribution in [0.3, 0.4) is 0 Å². The molecular formula is C17H15ClN2O3. The molecule has 0 heterocycles. The highest BCUT2D eigenvalue weighted by molar-refractivity contribution is 6.30. The van der Waals surface area contributed by atoms with E-state index in [0.717, 1.165) is 18.4 Å². The molecule has 1 saturated carbocycles. The van der Waals surface area contributed by atoms with Crippen LogP contribution < -0.4 is 5.32 Å². The molecule has 0 unspecified atom stereocenters. The minimum atomic E-state index is -0.551. The molecule has 1 aliphatic rings. The van der Waals surface area contributed by atoms with Crippen molar-refractivity contribution in [2.45, 2.75) is 25.2 Å². The van der Waals surface area contributed by atoms with Crippen molar-refractivity contribution in [3.63, 3.8) is 0 Å². The zero-order valence-electron chi connectivity index (χ0n) is 12.5. The van der Waals surface area contributed by atoms with Crippen LogP contribution in [0, 0.1) is 17.0 Å². The molecule has 1 amide bonds. The lowest BCUT2D eigenvalue weighted by atomic mass is 9.95.